The molecule has 2 aromatic rings. The Bertz CT molecular complexity index is 688. The van der Waals surface area contributed by atoms with Crippen molar-refractivity contribution in [2.24, 2.45) is 5.10 Å². The Morgan fingerprint density at radius 1 is 1.22 bits per heavy atom. The van der Waals surface area contributed by atoms with Crippen LogP contribution in [0.15, 0.2) is 41.5 Å². The summed E-state index contributed by atoms with van der Waals surface area (Å²) in [6.45, 7) is 3.97. The summed E-state index contributed by atoms with van der Waals surface area (Å²) in [6.07, 6.45) is 1.82. The molecule has 0 heterocycles. The summed E-state index contributed by atoms with van der Waals surface area (Å²) < 4.78 is 12.2. The molecule has 0 spiro atoms. The fourth-order valence-corrected chi connectivity index (χ4v) is 2.75. The van der Waals surface area contributed by atoms with Crippen molar-refractivity contribution in [2.75, 3.05) is 12.5 Å². The number of nitrogens with one attached hydrogen (secondary N) is 1. The van der Waals surface area contributed by atoms with Gasteiger partial charge in [0.1, 0.15) is 0 Å². The minimum Gasteiger partial charge on any atom is -0.493 e. The van der Waals surface area contributed by atoms with Crippen LogP contribution in [0.25, 0.3) is 0 Å². The number of rotatable bonds is 6. The number of hydrogen-bond donors (Lipinski definition) is 1. The maximum Gasteiger partial charge on any atom is 0.174 e. The highest BCUT2D eigenvalue weighted by Gasteiger charge is 2.12. The SMILES string of the molecule is COc1cc(/C=N\Nc2ccc(Cl)cc2)cc(I)c1OC(C)C. The first kappa shape index (κ1) is 17.9. The Hall–Kier alpha value is -1.47. The van der Waals surface area contributed by atoms with E-state index in [-0.39, 0.29) is 6.10 Å². The highest BCUT2D eigenvalue weighted by molar-refractivity contribution is 14.1. The van der Waals surface area contributed by atoms with Crippen molar-refractivity contribution in [3.8, 4) is 11.5 Å². The van der Waals surface area contributed by atoms with Gasteiger partial charge in [0, 0.05) is 5.02 Å². The van der Waals surface area contributed by atoms with E-state index >= 15 is 0 Å². The van der Waals surface area contributed by atoms with E-state index in [0.29, 0.717) is 10.8 Å². The van der Waals surface area contributed by atoms with Gasteiger partial charge >= 0.3 is 0 Å². The average Bonchev–Trinajstić information content (AvgIpc) is 2.51. The molecule has 2 rings (SSSR count). The summed E-state index contributed by atoms with van der Waals surface area (Å²) in [7, 11) is 1.63. The second-order valence-electron chi connectivity index (χ2n) is 5.08. The zero-order valence-corrected chi connectivity index (χ0v) is 16.1. The third-order valence-corrected chi connectivity index (χ3v) is 3.91. The third-order valence-electron chi connectivity index (χ3n) is 2.86. The van der Waals surface area contributed by atoms with Crippen molar-refractivity contribution in [1.82, 2.24) is 0 Å². The Morgan fingerprint density at radius 2 is 1.91 bits per heavy atom. The van der Waals surface area contributed by atoms with E-state index in [2.05, 4.69) is 33.1 Å². The molecule has 0 atom stereocenters. The largest absolute Gasteiger partial charge is 0.493 e. The van der Waals surface area contributed by atoms with Gasteiger partial charge in [-0.25, -0.2) is 0 Å². The first-order valence-electron chi connectivity index (χ1n) is 7.08. The minimum atomic E-state index is 0.0866. The quantitative estimate of drug-likeness (QED) is 0.379. The molecule has 0 aliphatic carbocycles. The molecule has 122 valence electrons. The molecule has 4 nitrogen and oxygen atoms in total. The zero-order valence-electron chi connectivity index (χ0n) is 13.1. The van der Waals surface area contributed by atoms with Gasteiger partial charge in [0.2, 0.25) is 0 Å². The van der Waals surface area contributed by atoms with Crippen LogP contribution in [0.3, 0.4) is 0 Å². The van der Waals surface area contributed by atoms with Crippen molar-refractivity contribution in [1.29, 1.82) is 0 Å². The smallest absolute Gasteiger partial charge is 0.174 e. The summed E-state index contributed by atoms with van der Waals surface area (Å²) >= 11 is 8.08. The molecule has 0 saturated heterocycles. The van der Waals surface area contributed by atoms with Crippen LogP contribution in [0.2, 0.25) is 5.02 Å². The predicted molar refractivity (Wildman–Crippen MR) is 104 cm³/mol. The van der Waals surface area contributed by atoms with Crippen molar-refractivity contribution < 1.29 is 9.47 Å². The molecular weight excluding hydrogens is 427 g/mol. The normalized spacial score (nSPS) is 11.0. The van der Waals surface area contributed by atoms with Crippen molar-refractivity contribution in [3.05, 3.63) is 50.6 Å². The van der Waals surface area contributed by atoms with Gasteiger partial charge < -0.3 is 9.47 Å². The molecule has 0 aromatic heterocycles. The van der Waals surface area contributed by atoms with Crippen LogP contribution in [-0.4, -0.2) is 19.4 Å². The molecule has 0 fully saturated rings. The van der Waals surface area contributed by atoms with E-state index in [9.17, 15) is 0 Å². The lowest BCUT2D eigenvalue weighted by Crippen LogP contribution is -2.08. The molecule has 0 amide bonds. The molecule has 0 unspecified atom stereocenters. The number of hydrazone groups is 1. The fraction of sp³-hybridized carbons (Fsp3) is 0.235. The van der Waals surface area contributed by atoms with Gasteiger partial charge in [-0.1, -0.05) is 11.6 Å². The number of methoxy groups -OCH3 is 1. The van der Waals surface area contributed by atoms with Crippen LogP contribution in [0.1, 0.15) is 19.4 Å². The number of ether oxygens (including phenoxy) is 2. The lowest BCUT2D eigenvalue weighted by Gasteiger charge is -2.15. The molecule has 23 heavy (non-hydrogen) atoms. The molecule has 0 bridgehead atoms. The molecule has 0 saturated carbocycles. The third kappa shape index (κ3) is 5.28. The molecule has 0 aliphatic heterocycles. The van der Waals surface area contributed by atoms with E-state index in [1.165, 1.54) is 0 Å². The second kappa shape index (κ2) is 8.40. The number of halogens is 2. The first-order chi connectivity index (χ1) is 11.0. The van der Waals surface area contributed by atoms with E-state index in [0.717, 1.165) is 20.6 Å². The summed E-state index contributed by atoms with van der Waals surface area (Å²) in [5.74, 6) is 1.45. The predicted octanol–water partition coefficient (Wildman–Crippen LogP) is 5.19. The summed E-state index contributed by atoms with van der Waals surface area (Å²) in [4.78, 5) is 0. The Labute approximate surface area is 155 Å². The average molecular weight is 445 g/mol. The Balaban J connectivity index is 2.15. The number of anilines is 1. The van der Waals surface area contributed by atoms with Crippen molar-refractivity contribution >= 4 is 46.1 Å². The molecule has 1 N–H and O–H groups in total. The summed E-state index contributed by atoms with van der Waals surface area (Å²) in [6, 6.07) is 11.2. The van der Waals surface area contributed by atoms with E-state index in [4.69, 9.17) is 21.1 Å². The van der Waals surface area contributed by atoms with Crippen LogP contribution in [0, 0.1) is 3.57 Å². The lowest BCUT2D eigenvalue weighted by atomic mass is 10.2. The molecule has 0 radical (unpaired) electrons. The van der Waals surface area contributed by atoms with Crippen LogP contribution in [-0.2, 0) is 0 Å². The van der Waals surface area contributed by atoms with E-state index in [1.54, 1.807) is 13.3 Å². The topological polar surface area (TPSA) is 42.8 Å². The van der Waals surface area contributed by atoms with Gasteiger partial charge in [-0.05, 0) is 78.4 Å². The van der Waals surface area contributed by atoms with Crippen LogP contribution in [0.5, 0.6) is 11.5 Å². The fourth-order valence-electron chi connectivity index (χ4n) is 1.87. The van der Waals surface area contributed by atoms with Crippen molar-refractivity contribution in [2.45, 2.75) is 20.0 Å². The van der Waals surface area contributed by atoms with Crippen LogP contribution >= 0.6 is 34.2 Å². The first-order valence-corrected chi connectivity index (χ1v) is 8.54. The van der Waals surface area contributed by atoms with Gasteiger partial charge in [-0.3, -0.25) is 5.43 Å². The minimum absolute atomic E-state index is 0.0866. The van der Waals surface area contributed by atoms with Crippen LogP contribution < -0.4 is 14.9 Å². The highest BCUT2D eigenvalue weighted by atomic mass is 127. The monoisotopic (exact) mass is 444 g/mol. The highest BCUT2D eigenvalue weighted by Crippen LogP contribution is 2.34. The van der Waals surface area contributed by atoms with Gasteiger partial charge in [0.25, 0.3) is 0 Å². The molecule has 2 aromatic carbocycles. The Morgan fingerprint density at radius 3 is 2.52 bits per heavy atom. The van der Waals surface area contributed by atoms with Crippen molar-refractivity contribution in [3.63, 3.8) is 0 Å². The summed E-state index contributed by atoms with van der Waals surface area (Å²) in [5.41, 5.74) is 4.75. The molecular formula is C17H18ClIN2O2. The number of nitrogens with zero attached hydrogens (tertiary/aromatic N) is 1. The van der Waals surface area contributed by atoms with E-state index in [1.807, 2.05) is 50.2 Å². The van der Waals surface area contributed by atoms with Crippen LogP contribution in [0.4, 0.5) is 5.69 Å². The second-order valence-corrected chi connectivity index (χ2v) is 6.68. The molecule has 0 aliphatic rings. The standard InChI is InChI=1S/C17H18ClIN2O2/c1-11(2)23-17-15(19)8-12(9-16(17)22-3)10-20-21-14-6-4-13(18)5-7-14/h4-11,21H,1-3H3/b20-10-. The maximum absolute atomic E-state index is 5.85. The van der Waals surface area contributed by atoms with E-state index < -0.39 is 0 Å². The lowest BCUT2D eigenvalue weighted by molar-refractivity contribution is 0.228. The van der Waals surface area contributed by atoms with Gasteiger partial charge in [0.05, 0.1) is 28.7 Å². The Kier molecular flexibility index (Phi) is 6.53. The number of hydrogen-bond acceptors (Lipinski definition) is 4. The number of benzene rings is 2. The van der Waals surface area contributed by atoms with Gasteiger partial charge in [-0.15, -0.1) is 0 Å². The summed E-state index contributed by atoms with van der Waals surface area (Å²) in [5, 5.41) is 4.92. The van der Waals surface area contributed by atoms with Gasteiger partial charge in [0.15, 0.2) is 11.5 Å². The zero-order chi connectivity index (χ0) is 16.8. The maximum atomic E-state index is 5.85. The van der Waals surface area contributed by atoms with Gasteiger partial charge in [-0.2, -0.15) is 5.10 Å². The molecule has 6 heteroatoms.